The number of aryl methyl sites for hydroxylation is 1. The molecule has 23 heavy (non-hydrogen) atoms. The molecule has 1 aromatic heterocycles. The summed E-state index contributed by atoms with van der Waals surface area (Å²) in [5.74, 6) is 0.860. The molecular weight excluding hydrogens is 290 g/mol. The molecule has 0 bridgehead atoms. The molecule has 1 amide bonds. The maximum absolute atomic E-state index is 12.9. The van der Waals surface area contributed by atoms with Crippen LogP contribution in [0, 0.1) is 5.41 Å². The summed E-state index contributed by atoms with van der Waals surface area (Å²) in [5, 5.41) is 4.44. The van der Waals surface area contributed by atoms with E-state index in [0.29, 0.717) is 18.4 Å². The van der Waals surface area contributed by atoms with Gasteiger partial charge in [0.05, 0.1) is 12.0 Å². The smallest absolute Gasteiger partial charge is 0.231 e. The maximum atomic E-state index is 12.9. The summed E-state index contributed by atoms with van der Waals surface area (Å²) in [6.45, 7) is 5.48. The van der Waals surface area contributed by atoms with E-state index in [1.165, 1.54) is 5.69 Å². The minimum atomic E-state index is -0.217. The van der Waals surface area contributed by atoms with E-state index in [2.05, 4.69) is 27.7 Å². The Morgan fingerprint density at radius 2 is 2.13 bits per heavy atom. The molecule has 5 nitrogen and oxygen atoms in total. The van der Waals surface area contributed by atoms with Crippen molar-refractivity contribution in [3.8, 4) is 0 Å². The predicted molar refractivity (Wildman–Crippen MR) is 89.2 cm³/mol. The van der Waals surface area contributed by atoms with E-state index >= 15 is 0 Å². The quantitative estimate of drug-likeness (QED) is 0.810. The van der Waals surface area contributed by atoms with E-state index in [1.807, 2.05) is 6.20 Å². The standard InChI is InChI=1S/C18H29N3O2/c1-3-11-21-16(5-10-19-21)15-6-12-20(13-7-15)17(22)18(14-23-2)8-4-9-18/h5,10,15H,3-4,6-9,11-14H2,1-2H3. The van der Waals surface area contributed by atoms with Gasteiger partial charge < -0.3 is 9.64 Å². The summed E-state index contributed by atoms with van der Waals surface area (Å²) < 4.78 is 7.46. The third-order valence-electron chi connectivity index (χ3n) is 5.57. The highest BCUT2D eigenvalue weighted by Gasteiger charge is 2.46. The Labute approximate surface area is 139 Å². The van der Waals surface area contributed by atoms with E-state index in [4.69, 9.17) is 4.74 Å². The lowest BCUT2D eigenvalue weighted by atomic mass is 9.68. The number of hydrogen-bond donors (Lipinski definition) is 0. The third-order valence-corrected chi connectivity index (χ3v) is 5.57. The monoisotopic (exact) mass is 319 g/mol. The Kier molecular flexibility index (Phi) is 5.05. The molecule has 2 heterocycles. The molecule has 1 saturated heterocycles. The summed E-state index contributed by atoms with van der Waals surface area (Å²) in [7, 11) is 1.70. The Bertz CT molecular complexity index is 528. The highest BCUT2D eigenvalue weighted by molar-refractivity contribution is 5.84. The number of methoxy groups -OCH3 is 1. The first-order valence-electron chi connectivity index (χ1n) is 9.00. The first-order valence-corrected chi connectivity index (χ1v) is 9.00. The Morgan fingerprint density at radius 1 is 1.39 bits per heavy atom. The molecule has 1 aromatic rings. The van der Waals surface area contributed by atoms with Crippen LogP contribution in [0.5, 0.6) is 0 Å². The van der Waals surface area contributed by atoms with E-state index in [9.17, 15) is 4.79 Å². The average Bonchev–Trinajstić information content (AvgIpc) is 2.99. The molecule has 128 valence electrons. The van der Waals surface area contributed by atoms with Crippen LogP contribution in [0.1, 0.15) is 57.1 Å². The van der Waals surface area contributed by atoms with E-state index in [1.54, 1.807) is 7.11 Å². The number of ether oxygens (including phenoxy) is 1. The Balaban J connectivity index is 1.60. The summed E-state index contributed by atoms with van der Waals surface area (Å²) in [4.78, 5) is 15.0. The second-order valence-electron chi connectivity index (χ2n) is 7.11. The third kappa shape index (κ3) is 3.16. The molecule has 0 spiro atoms. The lowest BCUT2D eigenvalue weighted by Gasteiger charge is -2.44. The maximum Gasteiger partial charge on any atom is 0.231 e. The molecular formula is C18H29N3O2. The molecule has 0 unspecified atom stereocenters. The molecule has 0 N–H and O–H groups in total. The molecule has 2 fully saturated rings. The molecule has 0 radical (unpaired) electrons. The molecule has 5 heteroatoms. The topological polar surface area (TPSA) is 47.4 Å². The van der Waals surface area contributed by atoms with Crippen molar-refractivity contribution in [3.63, 3.8) is 0 Å². The fourth-order valence-electron chi connectivity index (χ4n) is 4.10. The van der Waals surface area contributed by atoms with Gasteiger partial charge in [-0.05, 0) is 38.2 Å². The Hall–Kier alpha value is -1.36. The number of hydrogen-bond acceptors (Lipinski definition) is 3. The van der Waals surface area contributed by atoms with Crippen molar-refractivity contribution < 1.29 is 9.53 Å². The largest absolute Gasteiger partial charge is 0.384 e. The van der Waals surface area contributed by atoms with Crippen molar-refractivity contribution in [1.82, 2.24) is 14.7 Å². The second-order valence-corrected chi connectivity index (χ2v) is 7.11. The molecule has 1 saturated carbocycles. The minimum Gasteiger partial charge on any atom is -0.384 e. The molecule has 1 aliphatic heterocycles. The summed E-state index contributed by atoms with van der Waals surface area (Å²) in [6, 6.07) is 2.15. The summed E-state index contributed by atoms with van der Waals surface area (Å²) in [5.41, 5.74) is 1.13. The highest BCUT2D eigenvalue weighted by Crippen LogP contribution is 2.43. The number of likely N-dealkylation sites (tertiary alicyclic amines) is 1. The average molecular weight is 319 g/mol. The predicted octanol–water partition coefficient (Wildman–Crippen LogP) is 2.82. The molecule has 0 aromatic carbocycles. The van der Waals surface area contributed by atoms with Crippen LogP contribution in [0.3, 0.4) is 0 Å². The van der Waals surface area contributed by atoms with Crippen molar-refractivity contribution in [1.29, 1.82) is 0 Å². The van der Waals surface area contributed by atoms with Crippen LogP contribution >= 0.6 is 0 Å². The number of rotatable bonds is 6. The molecule has 3 rings (SSSR count). The zero-order chi connectivity index (χ0) is 16.3. The van der Waals surface area contributed by atoms with Crippen molar-refractivity contribution in [2.45, 2.75) is 57.9 Å². The van der Waals surface area contributed by atoms with E-state index < -0.39 is 0 Å². The van der Waals surface area contributed by atoms with Crippen molar-refractivity contribution in [2.24, 2.45) is 5.41 Å². The van der Waals surface area contributed by atoms with E-state index in [-0.39, 0.29) is 5.41 Å². The summed E-state index contributed by atoms with van der Waals surface area (Å²) in [6.07, 6.45) is 8.23. The minimum absolute atomic E-state index is 0.217. The fourth-order valence-corrected chi connectivity index (χ4v) is 4.10. The Morgan fingerprint density at radius 3 is 2.70 bits per heavy atom. The van der Waals surface area contributed by atoms with Crippen LogP contribution in [0.15, 0.2) is 12.3 Å². The van der Waals surface area contributed by atoms with Gasteiger partial charge in [-0.2, -0.15) is 5.10 Å². The zero-order valence-electron chi connectivity index (χ0n) is 14.5. The first-order chi connectivity index (χ1) is 11.2. The number of carbonyl (C=O) groups is 1. The van der Waals surface area contributed by atoms with Gasteiger partial charge >= 0.3 is 0 Å². The highest BCUT2D eigenvalue weighted by atomic mass is 16.5. The van der Waals surface area contributed by atoms with Crippen LogP contribution < -0.4 is 0 Å². The van der Waals surface area contributed by atoms with E-state index in [0.717, 1.165) is 58.2 Å². The normalized spacial score (nSPS) is 21.2. The SMILES string of the molecule is CCCn1nccc1C1CCN(C(=O)C2(COC)CCC2)CC1. The van der Waals surface area contributed by atoms with Gasteiger partial charge in [0, 0.05) is 44.6 Å². The van der Waals surface area contributed by atoms with Gasteiger partial charge in [-0.15, -0.1) is 0 Å². The fraction of sp³-hybridized carbons (Fsp3) is 0.778. The number of piperidine rings is 1. The lowest BCUT2D eigenvalue weighted by Crippen LogP contribution is -2.52. The van der Waals surface area contributed by atoms with Crippen LogP contribution in [0.25, 0.3) is 0 Å². The van der Waals surface area contributed by atoms with Crippen molar-refractivity contribution >= 4 is 5.91 Å². The van der Waals surface area contributed by atoms with Crippen molar-refractivity contribution in [2.75, 3.05) is 26.8 Å². The van der Waals surface area contributed by atoms with Gasteiger partial charge in [0.2, 0.25) is 5.91 Å². The molecule has 0 atom stereocenters. The number of aromatic nitrogens is 2. The zero-order valence-corrected chi connectivity index (χ0v) is 14.5. The summed E-state index contributed by atoms with van der Waals surface area (Å²) >= 11 is 0. The first kappa shape index (κ1) is 16.5. The number of carbonyl (C=O) groups excluding carboxylic acids is 1. The van der Waals surface area contributed by atoms with Gasteiger partial charge in [-0.25, -0.2) is 0 Å². The number of nitrogens with zero attached hydrogens (tertiary/aromatic N) is 3. The van der Waals surface area contributed by atoms with Gasteiger partial charge in [0.25, 0.3) is 0 Å². The van der Waals surface area contributed by atoms with Crippen LogP contribution in [-0.2, 0) is 16.1 Å². The van der Waals surface area contributed by atoms with Gasteiger partial charge in [-0.1, -0.05) is 13.3 Å². The number of amides is 1. The van der Waals surface area contributed by atoms with Gasteiger partial charge in [0.15, 0.2) is 0 Å². The van der Waals surface area contributed by atoms with Crippen LogP contribution in [-0.4, -0.2) is 47.4 Å². The second kappa shape index (κ2) is 7.04. The van der Waals surface area contributed by atoms with Gasteiger partial charge in [-0.3, -0.25) is 9.48 Å². The molecule has 1 aliphatic carbocycles. The molecule has 2 aliphatic rings. The van der Waals surface area contributed by atoms with Crippen LogP contribution in [0.4, 0.5) is 0 Å². The van der Waals surface area contributed by atoms with Gasteiger partial charge in [0.1, 0.15) is 0 Å². The van der Waals surface area contributed by atoms with Crippen LogP contribution in [0.2, 0.25) is 0 Å². The lowest BCUT2D eigenvalue weighted by molar-refractivity contribution is -0.153. The van der Waals surface area contributed by atoms with Crippen molar-refractivity contribution in [3.05, 3.63) is 18.0 Å².